The van der Waals surface area contributed by atoms with Gasteiger partial charge < -0.3 is 14.5 Å². The van der Waals surface area contributed by atoms with Crippen molar-refractivity contribution in [2.24, 2.45) is 0 Å². The smallest absolute Gasteiger partial charge is 0.255 e. The number of hydrogen-bond donors (Lipinski definition) is 1. The monoisotopic (exact) mass is 585 g/mol. The van der Waals surface area contributed by atoms with Gasteiger partial charge in [0.2, 0.25) is 10.0 Å². The summed E-state index contributed by atoms with van der Waals surface area (Å²) in [6.07, 6.45) is 6.31. The fraction of sp³-hybridized carbons (Fsp3) is 0.188. The summed E-state index contributed by atoms with van der Waals surface area (Å²) in [5.74, 6) is 0.889. The lowest BCUT2D eigenvalue weighted by Gasteiger charge is -2.25. The summed E-state index contributed by atoms with van der Waals surface area (Å²) in [4.78, 5) is 17.2. The zero-order valence-electron chi connectivity index (χ0n) is 23.0. The molecule has 6 rings (SSSR count). The van der Waals surface area contributed by atoms with Gasteiger partial charge in [-0.15, -0.1) is 0 Å². The zero-order chi connectivity index (χ0) is 29.4. The fourth-order valence-corrected chi connectivity index (χ4v) is 5.89. The van der Waals surface area contributed by atoms with Crippen molar-refractivity contribution in [1.29, 1.82) is 0 Å². The minimum absolute atomic E-state index is 0.137. The molecule has 0 saturated heterocycles. The molecule has 42 heavy (non-hydrogen) atoms. The van der Waals surface area contributed by atoms with Crippen LogP contribution < -0.4 is 14.4 Å². The number of halogens is 1. The number of nitrogens with one attached hydrogen (secondary N) is 1. The maximum Gasteiger partial charge on any atom is 0.255 e. The number of aromatic nitrogens is 1. The number of sulfonamides is 1. The van der Waals surface area contributed by atoms with E-state index >= 15 is 0 Å². The lowest BCUT2D eigenvalue weighted by atomic mass is 10.00. The number of benzene rings is 3. The Labute approximate surface area is 242 Å². The summed E-state index contributed by atoms with van der Waals surface area (Å²) >= 11 is 0. The SMILES string of the molecule is CNC(=O)c1c(-c2ccc(Oc3ccc(F)cc3)cc2)oc2cc(N(Cc3ccncc3)S(C)(=O)=O)c(C3CC3)cc12. The Morgan fingerprint density at radius 3 is 2.26 bits per heavy atom. The Hall–Kier alpha value is -4.70. The van der Waals surface area contributed by atoms with E-state index < -0.39 is 10.0 Å². The van der Waals surface area contributed by atoms with Gasteiger partial charge in [-0.1, -0.05) is 0 Å². The minimum Gasteiger partial charge on any atom is -0.457 e. The molecule has 214 valence electrons. The van der Waals surface area contributed by atoms with Gasteiger partial charge >= 0.3 is 0 Å². The van der Waals surface area contributed by atoms with Crippen molar-refractivity contribution in [3.05, 3.63) is 108 Å². The van der Waals surface area contributed by atoms with Crippen molar-refractivity contribution < 1.29 is 26.8 Å². The maximum atomic E-state index is 13.3. The third-order valence-electron chi connectivity index (χ3n) is 7.22. The van der Waals surface area contributed by atoms with Crippen LogP contribution in [0.3, 0.4) is 0 Å². The fourth-order valence-electron chi connectivity index (χ4n) is 4.99. The van der Waals surface area contributed by atoms with Crippen molar-refractivity contribution in [1.82, 2.24) is 10.3 Å². The molecule has 10 heteroatoms. The predicted molar refractivity (Wildman–Crippen MR) is 159 cm³/mol. The van der Waals surface area contributed by atoms with Crippen molar-refractivity contribution in [2.45, 2.75) is 25.3 Å². The van der Waals surface area contributed by atoms with E-state index in [1.54, 1.807) is 61.9 Å². The average molecular weight is 586 g/mol. The number of hydrogen-bond acceptors (Lipinski definition) is 6. The number of pyridine rings is 1. The van der Waals surface area contributed by atoms with Crippen molar-refractivity contribution in [3.8, 4) is 22.8 Å². The van der Waals surface area contributed by atoms with Crippen LogP contribution in [0, 0.1) is 5.82 Å². The molecule has 1 N–H and O–H groups in total. The first-order chi connectivity index (χ1) is 20.2. The van der Waals surface area contributed by atoms with Gasteiger partial charge in [-0.3, -0.25) is 14.1 Å². The Bertz CT molecular complexity index is 1870. The van der Waals surface area contributed by atoms with Crippen LogP contribution in [0.4, 0.5) is 10.1 Å². The second-order valence-corrected chi connectivity index (χ2v) is 12.2. The zero-order valence-corrected chi connectivity index (χ0v) is 23.8. The first-order valence-electron chi connectivity index (χ1n) is 13.4. The largest absolute Gasteiger partial charge is 0.457 e. The molecule has 1 fully saturated rings. The Morgan fingerprint density at radius 2 is 1.67 bits per heavy atom. The predicted octanol–water partition coefficient (Wildman–Crippen LogP) is 6.63. The lowest BCUT2D eigenvalue weighted by molar-refractivity contribution is 0.0964. The molecule has 2 heterocycles. The van der Waals surface area contributed by atoms with Crippen LogP contribution in [0.15, 0.2) is 89.6 Å². The van der Waals surface area contributed by atoms with Crippen LogP contribution in [-0.2, 0) is 16.6 Å². The van der Waals surface area contributed by atoms with Gasteiger partial charge in [0.25, 0.3) is 5.91 Å². The van der Waals surface area contributed by atoms with Crippen molar-refractivity contribution >= 4 is 32.6 Å². The standard InChI is InChI=1S/C32H28FN3O5S/c1-34-32(37)30-27-17-26(21-3-4-21)28(36(42(2,38)39)19-20-13-15-35-16-14-20)18-29(27)41-31(30)22-5-9-24(10-6-22)40-25-11-7-23(33)8-12-25/h5-18,21H,3-4,19H2,1-2H3,(H,34,37). The number of furan rings is 1. The summed E-state index contributed by atoms with van der Waals surface area (Å²) in [5, 5.41) is 3.32. The molecule has 1 amide bonds. The molecule has 1 aliphatic carbocycles. The second kappa shape index (κ2) is 10.9. The highest BCUT2D eigenvalue weighted by Gasteiger charge is 2.33. The van der Waals surface area contributed by atoms with E-state index in [-0.39, 0.29) is 24.2 Å². The van der Waals surface area contributed by atoms with Gasteiger partial charge in [-0.05, 0) is 96.6 Å². The second-order valence-electron chi connectivity index (χ2n) is 10.3. The highest BCUT2D eigenvalue weighted by Crippen LogP contribution is 2.48. The number of carbonyl (C=O) groups excluding carboxylic acids is 1. The molecule has 2 aromatic heterocycles. The van der Waals surface area contributed by atoms with E-state index in [2.05, 4.69) is 10.3 Å². The summed E-state index contributed by atoms with van der Waals surface area (Å²) in [5.41, 5.74) is 3.61. The van der Waals surface area contributed by atoms with E-state index in [1.165, 1.54) is 34.8 Å². The summed E-state index contributed by atoms with van der Waals surface area (Å²) < 4.78 is 52.9. The Kier molecular flexibility index (Phi) is 7.16. The molecule has 1 saturated carbocycles. The van der Waals surface area contributed by atoms with Crippen LogP contribution in [-0.4, -0.2) is 32.6 Å². The highest BCUT2D eigenvalue weighted by atomic mass is 32.2. The van der Waals surface area contributed by atoms with Crippen molar-refractivity contribution in [2.75, 3.05) is 17.6 Å². The molecule has 5 aromatic rings. The number of carbonyl (C=O) groups is 1. The topological polar surface area (TPSA) is 102 Å². The van der Waals surface area contributed by atoms with Gasteiger partial charge in [0.15, 0.2) is 0 Å². The molecule has 3 aromatic carbocycles. The molecule has 0 radical (unpaired) electrons. The number of ether oxygens (including phenoxy) is 1. The number of anilines is 1. The van der Waals surface area contributed by atoms with Crippen molar-refractivity contribution in [3.63, 3.8) is 0 Å². The quantitative estimate of drug-likeness (QED) is 0.208. The number of rotatable bonds is 9. The van der Waals surface area contributed by atoms with Crippen LogP contribution >= 0.6 is 0 Å². The van der Waals surface area contributed by atoms with Gasteiger partial charge in [0, 0.05) is 36.5 Å². The van der Waals surface area contributed by atoms with Crippen LogP contribution in [0.2, 0.25) is 0 Å². The molecule has 0 spiro atoms. The van der Waals surface area contributed by atoms with Gasteiger partial charge in [-0.2, -0.15) is 0 Å². The van der Waals surface area contributed by atoms with E-state index in [1.807, 2.05) is 6.07 Å². The molecule has 0 bridgehead atoms. The van der Waals surface area contributed by atoms with Crippen LogP contribution in [0.25, 0.3) is 22.3 Å². The van der Waals surface area contributed by atoms with E-state index in [0.717, 1.165) is 24.0 Å². The lowest BCUT2D eigenvalue weighted by Crippen LogP contribution is -2.30. The van der Waals surface area contributed by atoms with E-state index in [4.69, 9.17) is 9.15 Å². The maximum absolute atomic E-state index is 13.3. The number of fused-ring (bicyclic) bond motifs is 1. The number of amides is 1. The average Bonchev–Trinajstić information content (AvgIpc) is 3.77. The number of nitrogens with zero attached hydrogens (tertiary/aromatic N) is 2. The summed E-state index contributed by atoms with van der Waals surface area (Å²) in [6, 6.07) is 19.9. The summed E-state index contributed by atoms with van der Waals surface area (Å²) in [7, 11) is -2.11. The third-order valence-corrected chi connectivity index (χ3v) is 8.35. The molecule has 1 aliphatic rings. The first kappa shape index (κ1) is 27.5. The minimum atomic E-state index is -3.67. The van der Waals surface area contributed by atoms with Gasteiger partial charge in [0.05, 0.1) is 24.1 Å². The van der Waals surface area contributed by atoms with Crippen LogP contribution in [0.5, 0.6) is 11.5 Å². The van der Waals surface area contributed by atoms with Crippen LogP contribution in [0.1, 0.15) is 40.2 Å². The molecule has 8 nitrogen and oxygen atoms in total. The van der Waals surface area contributed by atoms with E-state index in [9.17, 15) is 17.6 Å². The molecule has 0 unspecified atom stereocenters. The summed E-state index contributed by atoms with van der Waals surface area (Å²) in [6.45, 7) is 0.137. The third kappa shape index (κ3) is 5.58. The molecule has 0 aliphatic heterocycles. The molecular formula is C32H28FN3O5S. The molecule has 0 atom stereocenters. The van der Waals surface area contributed by atoms with E-state index in [0.29, 0.717) is 45.0 Å². The Balaban J connectivity index is 1.45. The van der Waals surface area contributed by atoms with Gasteiger partial charge in [0.1, 0.15) is 28.7 Å². The normalized spacial score (nSPS) is 13.2. The van der Waals surface area contributed by atoms with Gasteiger partial charge in [-0.25, -0.2) is 12.8 Å². The highest BCUT2D eigenvalue weighted by molar-refractivity contribution is 7.92. The first-order valence-corrected chi connectivity index (χ1v) is 15.3. The Morgan fingerprint density at radius 1 is 1.02 bits per heavy atom. The molecular weight excluding hydrogens is 557 g/mol.